The molecule has 1 saturated heterocycles. The van der Waals surface area contributed by atoms with Crippen molar-refractivity contribution in [3.05, 3.63) is 29.6 Å². The summed E-state index contributed by atoms with van der Waals surface area (Å²) in [5.74, 6) is -0.776. The maximum Gasteiger partial charge on any atom is 0.253 e. The van der Waals surface area contributed by atoms with Gasteiger partial charge in [-0.1, -0.05) is 0 Å². The molecule has 2 rings (SSSR count). The number of piperidine rings is 1. The number of hydrogen-bond donors (Lipinski definition) is 2. The second-order valence-electron chi connectivity index (χ2n) is 5.19. The Labute approximate surface area is 123 Å². The third-order valence-corrected chi connectivity index (χ3v) is 4.17. The molecule has 1 aliphatic heterocycles. The van der Waals surface area contributed by atoms with E-state index in [1.54, 1.807) is 4.90 Å². The van der Waals surface area contributed by atoms with Crippen molar-refractivity contribution < 1.29 is 17.6 Å². The van der Waals surface area contributed by atoms with E-state index in [1.165, 1.54) is 18.2 Å². The Balaban J connectivity index is 1.98. The van der Waals surface area contributed by atoms with Gasteiger partial charge in [0.2, 0.25) is 10.0 Å². The van der Waals surface area contributed by atoms with E-state index in [2.05, 4.69) is 4.72 Å². The molecule has 0 aromatic heterocycles. The summed E-state index contributed by atoms with van der Waals surface area (Å²) in [5.41, 5.74) is 5.73. The van der Waals surface area contributed by atoms with Gasteiger partial charge in [0.15, 0.2) is 0 Å². The summed E-state index contributed by atoms with van der Waals surface area (Å²) < 4.78 is 38.0. The van der Waals surface area contributed by atoms with Gasteiger partial charge in [-0.2, -0.15) is 0 Å². The molecule has 0 atom stereocenters. The Morgan fingerprint density at radius 3 is 2.52 bits per heavy atom. The number of sulfonamides is 1. The first-order chi connectivity index (χ1) is 9.76. The van der Waals surface area contributed by atoms with Crippen LogP contribution in [0.1, 0.15) is 23.2 Å². The molecule has 0 saturated carbocycles. The molecular formula is C13H18FN3O3S. The highest BCUT2D eigenvalue weighted by molar-refractivity contribution is 7.88. The van der Waals surface area contributed by atoms with Crippen LogP contribution in [0.4, 0.5) is 10.1 Å². The SMILES string of the molecule is CS(=O)(=O)NC1CCN(C(=O)c2ccc(F)c(N)c2)CC1. The molecule has 0 bridgehead atoms. The Bertz CT molecular complexity index is 640. The minimum Gasteiger partial charge on any atom is -0.396 e. The fraction of sp³-hybridized carbons (Fsp3) is 0.462. The van der Waals surface area contributed by atoms with Crippen molar-refractivity contribution in [2.45, 2.75) is 18.9 Å². The van der Waals surface area contributed by atoms with Gasteiger partial charge >= 0.3 is 0 Å². The quantitative estimate of drug-likeness (QED) is 0.797. The first kappa shape index (κ1) is 15.7. The molecule has 21 heavy (non-hydrogen) atoms. The van der Waals surface area contributed by atoms with E-state index in [1.807, 2.05) is 0 Å². The van der Waals surface area contributed by atoms with E-state index < -0.39 is 15.8 Å². The number of carbonyl (C=O) groups excluding carboxylic acids is 1. The lowest BCUT2D eigenvalue weighted by Crippen LogP contribution is -2.46. The maximum absolute atomic E-state index is 13.1. The van der Waals surface area contributed by atoms with Crippen LogP contribution in [0, 0.1) is 5.82 Å². The van der Waals surface area contributed by atoms with Crippen molar-refractivity contribution in [2.75, 3.05) is 25.1 Å². The van der Waals surface area contributed by atoms with E-state index in [-0.39, 0.29) is 17.6 Å². The summed E-state index contributed by atoms with van der Waals surface area (Å²) in [6.07, 6.45) is 2.22. The number of likely N-dealkylation sites (tertiary alicyclic amines) is 1. The average molecular weight is 315 g/mol. The number of hydrogen-bond acceptors (Lipinski definition) is 4. The molecule has 1 amide bonds. The largest absolute Gasteiger partial charge is 0.396 e. The number of halogens is 1. The normalized spacial score (nSPS) is 17.0. The van der Waals surface area contributed by atoms with Crippen molar-refractivity contribution >= 4 is 21.6 Å². The number of rotatable bonds is 3. The topological polar surface area (TPSA) is 92.5 Å². The first-order valence-electron chi connectivity index (χ1n) is 6.58. The van der Waals surface area contributed by atoms with Crippen LogP contribution in [0.25, 0.3) is 0 Å². The van der Waals surface area contributed by atoms with Crippen molar-refractivity contribution in [3.8, 4) is 0 Å². The summed E-state index contributed by atoms with van der Waals surface area (Å²) in [5, 5.41) is 0. The fourth-order valence-corrected chi connectivity index (χ4v) is 3.20. The highest BCUT2D eigenvalue weighted by Crippen LogP contribution is 2.17. The number of amides is 1. The first-order valence-corrected chi connectivity index (χ1v) is 8.47. The molecule has 6 nitrogen and oxygen atoms in total. The van der Waals surface area contributed by atoms with E-state index in [0.717, 1.165) is 6.26 Å². The standard InChI is InChI=1S/C13H18FN3O3S/c1-21(19,20)16-10-4-6-17(7-5-10)13(18)9-2-3-11(14)12(15)8-9/h2-3,8,10,16H,4-7,15H2,1H3. The lowest BCUT2D eigenvalue weighted by Gasteiger charge is -2.32. The molecule has 1 aliphatic rings. The fourth-order valence-electron chi connectivity index (χ4n) is 2.36. The number of nitrogens with one attached hydrogen (secondary N) is 1. The van der Waals surface area contributed by atoms with Gasteiger partial charge in [-0.15, -0.1) is 0 Å². The molecule has 1 fully saturated rings. The number of nitrogen functional groups attached to an aromatic ring is 1. The number of carbonyl (C=O) groups is 1. The van der Waals surface area contributed by atoms with Gasteiger partial charge in [0.25, 0.3) is 5.91 Å². The Morgan fingerprint density at radius 1 is 1.38 bits per heavy atom. The molecule has 0 radical (unpaired) electrons. The van der Waals surface area contributed by atoms with Crippen LogP contribution >= 0.6 is 0 Å². The van der Waals surface area contributed by atoms with Crippen molar-refractivity contribution in [1.29, 1.82) is 0 Å². The molecule has 0 spiro atoms. The average Bonchev–Trinajstić information content (AvgIpc) is 2.40. The summed E-state index contributed by atoms with van der Waals surface area (Å²) >= 11 is 0. The molecule has 0 aliphatic carbocycles. The second-order valence-corrected chi connectivity index (χ2v) is 6.97. The maximum atomic E-state index is 13.1. The lowest BCUT2D eigenvalue weighted by molar-refractivity contribution is 0.0711. The van der Waals surface area contributed by atoms with Crippen molar-refractivity contribution in [3.63, 3.8) is 0 Å². The zero-order valence-electron chi connectivity index (χ0n) is 11.7. The van der Waals surface area contributed by atoms with Crippen LogP contribution in [0.2, 0.25) is 0 Å². The number of nitrogens with zero attached hydrogens (tertiary/aromatic N) is 1. The predicted molar refractivity (Wildman–Crippen MR) is 77.7 cm³/mol. The Kier molecular flexibility index (Phi) is 4.48. The van der Waals surface area contributed by atoms with E-state index >= 15 is 0 Å². The van der Waals surface area contributed by atoms with E-state index in [4.69, 9.17) is 5.73 Å². The molecule has 8 heteroatoms. The van der Waals surface area contributed by atoms with Crippen LogP contribution in [0.3, 0.4) is 0 Å². The van der Waals surface area contributed by atoms with Crippen molar-refractivity contribution in [2.24, 2.45) is 0 Å². The predicted octanol–water partition coefficient (Wildman–Crippen LogP) is 0.562. The molecule has 3 N–H and O–H groups in total. The zero-order valence-corrected chi connectivity index (χ0v) is 12.5. The minimum atomic E-state index is -3.24. The van der Waals surface area contributed by atoms with E-state index in [9.17, 15) is 17.6 Å². The third kappa shape index (κ3) is 4.15. The van der Waals surface area contributed by atoms with Gasteiger partial charge in [-0.3, -0.25) is 4.79 Å². The highest BCUT2D eigenvalue weighted by atomic mass is 32.2. The second kappa shape index (κ2) is 5.98. The molecular weight excluding hydrogens is 297 g/mol. The molecule has 1 heterocycles. The number of anilines is 1. The molecule has 1 aromatic carbocycles. The van der Waals surface area contributed by atoms with Crippen LogP contribution in [-0.4, -0.2) is 44.6 Å². The summed E-state index contributed by atoms with van der Waals surface area (Å²) in [6, 6.07) is 3.73. The lowest BCUT2D eigenvalue weighted by atomic mass is 10.0. The third-order valence-electron chi connectivity index (χ3n) is 3.41. The van der Waals surface area contributed by atoms with Gasteiger partial charge in [-0.05, 0) is 31.0 Å². The van der Waals surface area contributed by atoms with Crippen molar-refractivity contribution in [1.82, 2.24) is 9.62 Å². The summed E-state index contributed by atoms with van der Waals surface area (Å²) in [4.78, 5) is 13.9. The van der Waals surface area contributed by atoms with E-state index in [0.29, 0.717) is 31.5 Å². The molecule has 116 valence electrons. The van der Waals surface area contributed by atoms with Gasteiger partial charge in [0.1, 0.15) is 5.82 Å². The van der Waals surface area contributed by atoms with Gasteiger partial charge in [-0.25, -0.2) is 17.5 Å². The van der Waals surface area contributed by atoms with Crippen LogP contribution in [0.5, 0.6) is 0 Å². The van der Waals surface area contributed by atoms with Crippen LogP contribution < -0.4 is 10.5 Å². The Hall–Kier alpha value is -1.67. The minimum absolute atomic E-state index is 0.0607. The monoisotopic (exact) mass is 315 g/mol. The van der Waals surface area contributed by atoms with Gasteiger partial charge in [0.05, 0.1) is 11.9 Å². The summed E-state index contributed by atoms with van der Waals surface area (Å²) in [6.45, 7) is 0.895. The zero-order chi connectivity index (χ0) is 15.6. The number of benzene rings is 1. The van der Waals surface area contributed by atoms with Gasteiger partial charge in [0, 0.05) is 24.7 Å². The number of nitrogens with two attached hydrogens (primary N) is 1. The van der Waals surface area contributed by atoms with Crippen LogP contribution in [-0.2, 0) is 10.0 Å². The molecule has 1 aromatic rings. The van der Waals surface area contributed by atoms with Crippen LogP contribution in [0.15, 0.2) is 18.2 Å². The molecule has 0 unspecified atom stereocenters. The Morgan fingerprint density at radius 2 is 2.00 bits per heavy atom. The van der Waals surface area contributed by atoms with Gasteiger partial charge < -0.3 is 10.6 Å². The summed E-state index contributed by atoms with van der Waals surface area (Å²) in [7, 11) is -3.24. The highest BCUT2D eigenvalue weighted by Gasteiger charge is 2.25. The smallest absolute Gasteiger partial charge is 0.253 e.